The zero-order chi connectivity index (χ0) is 9.10. The number of pyridine rings is 1. The van der Waals surface area contributed by atoms with Gasteiger partial charge in [0.25, 0.3) is 0 Å². The van der Waals surface area contributed by atoms with Gasteiger partial charge in [0.1, 0.15) is 0 Å². The summed E-state index contributed by atoms with van der Waals surface area (Å²) in [4.78, 5) is 16.0. The van der Waals surface area contributed by atoms with Gasteiger partial charge in [0, 0.05) is 35.6 Å². The van der Waals surface area contributed by atoms with E-state index >= 15 is 0 Å². The van der Waals surface area contributed by atoms with E-state index in [1.165, 1.54) is 4.88 Å². The summed E-state index contributed by atoms with van der Waals surface area (Å²) < 4.78 is 1.95. The lowest BCUT2D eigenvalue weighted by molar-refractivity contribution is 0.799. The van der Waals surface area contributed by atoms with E-state index in [0.29, 0.717) is 0 Å². The zero-order valence-electron chi connectivity index (χ0n) is 6.88. The van der Waals surface area contributed by atoms with E-state index in [9.17, 15) is 4.79 Å². The highest BCUT2D eigenvalue weighted by Crippen LogP contribution is 2.06. The van der Waals surface area contributed by atoms with E-state index in [2.05, 4.69) is 4.98 Å². The van der Waals surface area contributed by atoms with Crippen LogP contribution >= 0.6 is 11.3 Å². The van der Waals surface area contributed by atoms with Gasteiger partial charge in [0.2, 0.25) is 0 Å². The first-order valence-electron chi connectivity index (χ1n) is 3.88. The molecule has 0 bridgehead atoms. The Bertz CT molecular complexity index is 413. The Hall–Kier alpha value is -1.42. The van der Waals surface area contributed by atoms with Gasteiger partial charge in [-0.25, -0.2) is 0 Å². The van der Waals surface area contributed by atoms with Crippen molar-refractivity contribution in [1.29, 1.82) is 0 Å². The van der Waals surface area contributed by atoms with Gasteiger partial charge >= 0.3 is 0 Å². The summed E-state index contributed by atoms with van der Waals surface area (Å²) in [5.74, 6) is 0. The molecule has 2 heterocycles. The molecule has 2 rings (SSSR count). The molecule has 0 amide bonds. The Kier molecular flexibility index (Phi) is 2.23. The van der Waals surface area contributed by atoms with Crippen molar-refractivity contribution >= 4 is 11.3 Å². The second kappa shape index (κ2) is 3.53. The van der Waals surface area contributed by atoms with E-state index in [-0.39, 0.29) is 5.43 Å². The van der Waals surface area contributed by atoms with E-state index in [0.717, 1.165) is 6.54 Å². The number of rotatable bonds is 2. The first-order chi connectivity index (χ1) is 6.34. The van der Waals surface area contributed by atoms with E-state index in [1.807, 2.05) is 10.8 Å². The molecule has 66 valence electrons. The molecule has 0 aromatic carbocycles. The molecular weight excluding hydrogens is 184 g/mol. The number of hydrogen-bond donors (Lipinski definition) is 0. The predicted octanol–water partition coefficient (Wildman–Crippen LogP) is 1.35. The lowest BCUT2D eigenvalue weighted by Gasteiger charge is -2.01. The van der Waals surface area contributed by atoms with Crippen molar-refractivity contribution in [1.82, 2.24) is 9.55 Å². The third-order valence-electron chi connectivity index (χ3n) is 1.68. The minimum atomic E-state index is 0.0422. The molecule has 3 nitrogen and oxygen atoms in total. The number of aromatic nitrogens is 2. The average molecular weight is 192 g/mol. The van der Waals surface area contributed by atoms with Crippen LogP contribution in [0.4, 0.5) is 0 Å². The fraction of sp³-hybridized carbons (Fsp3) is 0.111. The van der Waals surface area contributed by atoms with Crippen LogP contribution in [-0.2, 0) is 6.54 Å². The molecule has 0 radical (unpaired) electrons. The first-order valence-corrected chi connectivity index (χ1v) is 4.76. The summed E-state index contributed by atoms with van der Waals surface area (Å²) in [7, 11) is 0. The average Bonchev–Trinajstić information content (AvgIpc) is 2.62. The Balaban J connectivity index is 2.19. The van der Waals surface area contributed by atoms with Crippen molar-refractivity contribution < 1.29 is 0 Å². The van der Waals surface area contributed by atoms with Crippen molar-refractivity contribution in [2.24, 2.45) is 0 Å². The highest BCUT2D eigenvalue weighted by atomic mass is 32.1. The van der Waals surface area contributed by atoms with Crippen LogP contribution in [0, 0.1) is 0 Å². The van der Waals surface area contributed by atoms with Crippen LogP contribution in [0.5, 0.6) is 0 Å². The van der Waals surface area contributed by atoms with Crippen molar-refractivity contribution in [2.45, 2.75) is 6.54 Å². The lowest BCUT2D eigenvalue weighted by atomic mass is 10.4. The quantitative estimate of drug-likeness (QED) is 0.720. The van der Waals surface area contributed by atoms with Crippen LogP contribution < -0.4 is 5.43 Å². The summed E-state index contributed by atoms with van der Waals surface area (Å²) in [6, 6.07) is 3.11. The van der Waals surface area contributed by atoms with Gasteiger partial charge in [-0.05, 0) is 0 Å². The second-order valence-electron chi connectivity index (χ2n) is 2.67. The SMILES string of the molecule is O=c1ccn(Cc2cncs2)cc1. The van der Waals surface area contributed by atoms with Crippen molar-refractivity contribution in [3.05, 3.63) is 51.3 Å². The maximum Gasteiger partial charge on any atom is 0.181 e. The monoisotopic (exact) mass is 192 g/mol. The van der Waals surface area contributed by atoms with Gasteiger partial charge < -0.3 is 4.57 Å². The van der Waals surface area contributed by atoms with Gasteiger partial charge in [-0.2, -0.15) is 0 Å². The molecule has 0 spiro atoms. The van der Waals surface area contributed by atoms with Gasteiger partial charge in [0.15, 0.2) is 5.43 Å². The standard InChI is InChI=1S/C9H8N2OS/c12-8-1-3-11(4-2-8)6-9-5-10-7-13-9/h1-5,7H,6H2. The first kappa shape index (κ1) is 8.19. The third kappa shape index (κ3) is 2.03. The highest BCUT2D eigenvalue weighted by Gasteiger charge is 1.94. The normalized spacial score (nSPS) is 10.2. The molecule has 0 fully saturated rings. The Morgan fingerprint density at radius 2 is 2.15 bits per heavy atom. The summed E-state index contributed by atoms with van der Waals surface area (Å²) in [6.45, 7) is 0.783. The van der Waals surface area contributed by atoms with Crippen molar-refractivity contribution in [2.75, 3.05) is 0 Å². The lowest BCUT2D eigenvalue weighted by Crippen LogP contribution is -2.03. The number of nitrogens with zero attached hydrogens (tertiary/aromatic N) is 2. The summed E-state index contributed by atoms with van der Waals surface area (Å²) >= 11 is 1.61. The second-order valence-corrected chi connectivity index (χ2v) is 3.64. The molecule has 0 aliphatic rings. The number of hydrogen-bond acceptors (Lipinski definition) is 3. The van der Waals surface area contributed by atoms with Gasteiger partial charge in [-0.3, -0.25) is 9.78 Å². The molecule has 4 heteroatoms. The largest absolute Gasteiger partial charge is 0.349 e. The molecule has 0 unspecified atom stereocenters. The Morgan fingerprint density at radius 3 is 2.77 bits per heavy atom. The van der Waals surface area contributed by atoms with Gasteiger partial charge in [0.05, 0.1) is 12.1 Å². The van der Waals surface area contributed by atoms with Crippen molar-refractivity contribution in [3.8, 4) is 0 Å². The van der Waals surface area contributed by atoms with Crippen molar-refractivity contribution in [3.63, 3.8) is 0 Å². The maximum atomic E-state index is 10.8. The van der Waals surface area contributed by atoms with E-state index in [1.54, 1.807) is 41.4 Å². The van der Waals surface area contributed by atoms with Crippen LogP contribution in [-0.4, -0.2) is 9.55 Å². The van der Waals surface area contributed by atoms with Crippen LogP contribution in [0.3, 0.4) is 0 Å². The van der Waals surface area contributed by atoms with E-state index < -0.39 is 0 Å². The van der Waals surface area contributed by atoms with Crippen LogP contribution in [0.15, 0.2) is 41.0 Å². The molecule has 2 aromatic heterocycles. The molecule has 0 saturated carbocycles. The molecule has 0 N–H and O–H groups in total. The smallest absolute Gasteiger partial charge is 0.181 e. The number of thiazole rings is 1. The van der Waals surface area contributed by atoms with Crippen LogP contribution in [0.25, 0.3) is 0 Å². The predicted molar refractivity (Wildman–Crippen MR) is 51.9 cm³/mol. The summed E-state index contributed by atoms with van der Waals surface area (Å²) in [5.41, 5.74) is 1.85. The molecule has 2 aromatic rings. The highest BCUT2D eigenvalue weighted by molar-refractivity contribution is 7.09. The molecule has 0 aliphatic carbocycles. The third-order valence-corrected chi connectivity index (χ3v) is 2.45. The topological polar surface area (TPSA) is 34.9 Å². The van der Waals surface area contributed by atoms with Crippen LogP contribution in [0.1, 0.15) is 4.88 Å². The van der Waals surface area contributed by atoms with E-state index in [4.69, 9.17) is 0 Å². The summed E-state index contributed by atoms with van der Waals surface area (Å²) in [5, 5.41) is 0. The van der Waals surface area contributed by atoms with Gasteiger partial charge in [-0.15, -0.1) is 11.3 Å². The molecule has 13 heavy (non-hydrogen) atoms. The fourth-order valence-corrected chi connectivity index (χ4v) is 1.65. The minimum absolute atomic E-state index is 0.0422. The Morgan fingerprint density at radius 1 is 1.38 bits per heavy atom. The Labute approximate surface area is 79.3 Å². The minimum Gasteiger partial charge on any atom is -0.349 e. The molecular formula is C9H8N2OS. The van der Waals surface area contributed by atoms with Crippen LogP contribution in [0.2, 0.25) is 0 Å². The maximum absolute atomic E-state index is 10.8. The zero-order valence-corrected chi connectivity index (χ0v) is 7.70. The molecule has 0 atom stereocenters. The summed E-state index contributed by atoms with van der Waals surface area (Å²) in [6.07, 6.45) is 5.40. The fourth-order valence-electron chi connectivity index (χ4n) is 1.05. The van der Waals surface area contributed by atoms with Gasteiger partial charge in [-0.1, -0.05) is 0 Å². The molecule has 0 saturated heterocycles. The molecule has 0 aliphatic heterocycles.